The van der Waals surface area contributed by atoms with Gasteiger partial charge in [-0.25, -0.2) is 4.79 Å². The first-order valence-electron chi connectivity index (χ1n) is 9.81. The summed E-state index contributed by atoms with van der Waals surface area (Å²) in [4.78, 5) is 17.3. The molecule has 1 aromatic rings. The minimum Gasteiger partial charge on any atom is -0.493 e. The van der Waals surface area contributed by atoms with E-state index in [0.29, 0.717) is 24.5 Å². The molecule has 0 unspecified atom stereocenters. The smallest absolute Gasteiger partial charge is 0.407 e. The molecule has 0 radical (unpaired) electrons. The van der Waals surface area contributed by atoms with Crippen LogP contribution in [-0.2, 0) is 9.57 Å². The number of ether oxygens (including phenoxy) is 3. The number of alkyl carbamates (subject to hydrolysis) is 1. The molecule has 1 N–H and O–H groups in total. The molecule has 2 aliphatic rings. The van der Waals surface area contributed by atoms with Crippen LogP contribution >= 0.6 is 0 Å². The number of oxime groups is 1. The summed E-state index contributed by atoms with van der Waals surface area (Å²) < 4.78 is 16.4. The molecule has 0 atom stereocenters. The van der Waals surface area contributed by atoms with Gasteiger partial charge in [-0.1, -0.05) is 5.16 Å². The molecule has 1 heterocycles. The number of rotatable bonds is 7. The van der Waals surface area contributed by atoms with E-state index in [1.165, 1.54) is 6.42 Å². The van der Waals surface area contributed by atoms with Gasteiger partial charge in [0.25, 0.3) is 0 Å². The molecule has 1 fully saturated rings. The summed E-state index contributed by atoms with van der Waals surface area (Å²) in [5.74, 6) is 1.31. The van der Waals surface area contributed by atoms with E-state index in [1.807, 2.05) is 39.0 Å². The lowest BCUT2D eigenvalue weighted by atomic mass is 9.76. The van der Waals surface area contributed by atoms with Crippen LogP contribution in [0.15, 0.2) is 23.4 Å². The highest BCUT2D eigenvalue weighted by molar-refractivity contribution is 6.02. The van der Waals surface area contributed by atoms with E-state index in [2.05, 4.69) is 10.5 Å². The fourth-order valence-corrected chi connectivity index (χ4v) is 3.23. The van der Waals surface area contributed by atoms with Crippen molar-refractivity contribution in [3.05, 3.63) is 23.8 Å². The molecule has 7 nitrogen and oxygen atoms in total. The predicted molar refractivity (Wildman–Crippen MR) is 106 cm³/mol. The molecule has 154 valence electrons. The minimum absolute atomic E-state index is 0.0682. The average molecular weight is 390 g/mol. The summed E-state index contributed by atoms with van der Waals surface area (Å²) in [5, 5.41) is 7.05. The largest absolute Gasteiger partial charge is 0.493 e. The number of carbonyl (C=O) groups is 1. The van der Waals surface area contributed by atoms with Crippen molar-refractivity contribution in [1.29, 1.82) is 0 Å². The van der Waals surface area contributed by atoms with E-state index < -0.39 is 6.09 Å². The lowest BCUT2D eigenvalue weighted by molar-refractivity contribution is -0.0755. The highest BCUT2D eigenvalue weighted by Gasteiger charge is 2.44. The molecule has 1 saturated carbocycles. The second-order valence-electron chi connectivity index (χ2n) is 8.42. The molecule has 7 heteroatoms. The van der Waals surface area contributed by atoms with Crippen LogP contribution in [0.5, 0.6) is 11.5 Å². The van der Waals surface area contributed by atoms with Crippen molar-refractivity contribution in [2.24, 2.45) is 5.16 Å². The average Bonchev–Trinajstić information content (AvgIpc) is 3.06. The fourth-order valence-electron chi connectivity index (χ4n) is 3.23. The lowest BCUT2D eigenvalue weighted by Gasteiger charge is -2.34. The van der Waals surface area contributed by atoms with Crippen LogP contribution in [0.1, 0.15) is 58.4 Å². The van der Waals surface area contributed by atoms with Gasteiger partial charge in [0, 0.05) is 23.9 Å². The maximum Gasteiger partial charge on any atom is 0.407 e. The first-order chi connectivity index (χ1) is 13.3. The van der Waals surface area contributed by atoms with E-state index >= 15 is 0 Å². The highest BCUT2D eigenvalue weighted by atomic mass is 16.7. The highest BCUT2D eigenvalue weighted by Crippen LogP contribution is 2.43. The third-order valence-electron chi connectivity index (χ3n) is 4.86. The molecular weight excluding hydrogens is 360 g/mol. The van der Waals surface area contributed by atoms with Gasteiger partial charge in [0.15, 0.2) is 11.5 Å². The number of hydrogen-bond acceptors (Lipinski definition) is 6. The first-order valence-corrected chi connectivity index (χ1v) is 9.81. The van der Waals surface area contributed by atoms with Crippen LogP contribution < -0.4 is 14.8 Å². The summed E-state index contributed by atoms with van der Waals surface area (Å²) >= 11 is 0. The van der Waals surface area contributed by atoms with Gasteiger partial charge in [-0.2, -0.15) is 0 Å². The Labute approximate surface area is 166 Å². The van der Waals surface area contributed by atoms with E-state index in [9.17, 15) is 4.79 Å². The van der Waals surface area contributed by atoms with Gasteiger partial charge in [0.1, 0.15) is 5.60 Å². The van der Waals surface area contributed by atoms with E-state index in [0.717, 1.165) is 30.5 Å². The van der Waals surface area contributed by atoms with Crippen molar-refractivity contribution in [3.63, 3.8) is 0 Å². The maximum atomic E-state index is 11.6. The number of nitrogens with zero attached hydrogens (tertiary/aromatic N) is 1. The molecule has 1 aliphatic heterocycles. The minimum atomic E-state index is -0.420. The zero-order chi connectivity index (χ0) is 20.2. The van der Waals surface area contributed by atoms with Crippen molar-refractivity contribution in [1.82, 2.24) is 5.32 Å². The van der Waals surface area contributed by atoms with Crippen LogP contribution in [0.3, 0.4) is 0 Å². The Morgan fingerprint density at radius 3 is 2.64 bits per heavy atom. The summed E-state index contributed by atoms with van der Waals surface area (Å²) in [6, 6.07) is 5.80. The van der Waals surface area contributed by atoms with Gasteiger partial charge >= 0.3 is 6.09 Å². The summed E-state index contributed by atoms with van der Waals surface area (Å²) in [7, 11) is 1.61. The zero-order valence-corrected chi connectivity index (χ0v) is 17.2. The van der Waals surface area contributed by atoms with Crippen molar-refractivity contribution in [2.45, 2.75) is 64.0 Å². The molecule has 1 aromatic carbocycles. The third kappa shape index (κ3) is 5.09. The first kappa shape index (κ1) is 20.3. The molecule has 1 amide bonds. The van der Waals surface area contributed by atoms with Crippen molar-refractivity contribution in [3.8, 4) is 11.5 Å². The molecule has 3 rings (SSSR count). The summed E-state index contributed by atoms with van der Waals surface area (Å²) in [5.41, 5.74) is 1.56. The number of methoxy groups -OCH3 is 1. The van der Waals surface area contributed by atoms with Crippen LogP contribution in [-0.4, -0.2) is 43.3 Å². The van der Waals surface area contributed by atoms with E-state index in [1.54, 1.807) is 7.11 Å². The fraction of sp³-hybridized carbons (Fsp3) is 0.619. The van der Waals surface area contributed by atoms with Crippen LogP contribution in [0.4, 0.5) is 4.79 Å². The Balaban J connectivity index is 1.50. The molecule has 0 saturated heterocycles. The molecule has 28 heavy (non-hydrogen) atoms. The van der Waals surface area contributed by atoms with Gasteiger partial charge in [-0.05, 0) is 58.2 Å². The summed E-state index contributed by atoms with van der Waals surface area (Å²) in [6.07, 6.45) is 4.35. The Morgan fingerprint density at radius 2 is 2.04 bits per heavy atom. The topological polar surface area (TPSA) is 78.4 Å². The second-order valence-corrected chi connectivity index (χ2v) is 8.42. The maximum absolute atomic E-state index is 11.6. The second kappa shape index (κ2) is 8.29. The van der Waals surface area contributed by atoms with Crippen LogP contribution in [0.25, 0.3) is 0 Å². The third-order valence-corrected chi connectivity index (χ3v) is 4.86. The standard InChI is InChI=1S/C21H30N2O5/c1-20(2,3)22-19(24)27-12-6-11-26-18-13-15(7-8-17(18)25-4)16-14-21(28-23-16)9-5-10-21/h7-8,13H,5-6,9-12,14H2,1-4H3,(H,22,24). The zero-order valence-electron chi connectivity index (χ0n) is 17.2. The molecule has 0 bridgehead atoms. The molecular formula is C21H30N2O5. The lowest BCUT2D eigenvalue weighted by Crippen LogP contribution is -2.41. The predicted octanol–water partition coefficient (Wildman–Crippen LogP) is 4.04. The van der Waals surface area contributed by atoms with Gasteiger partial charge in [-0.3, -0.25) is 0 Å². The van der Waals surface area contributed by atoms with E-state index in [4.69, 9.17) is 19.0 Å². The van der Waals surface area contributed by atoms with Crippen molar-refractivity contribution in [2.75, 3.05) is 20.3 Å². The normalized spacial score (nSPS) is 17.4. The molecule has 1 spiro atoms. The van der Waals surface area contributed by atoms with Crippen LogP contribution in [0, 0.1) is 0 Å². The van der Waals surface area contributed by atoms with Gasteiger partial charge in [0.2, 0.25) is 0 Å². The number of carbonyl (C=O) groups excluding carboxylic acids is 1. The van der Waals surface area contributed by atoms with Crippen molar-refractivity contribution < 1.29 is 23.8 Å². The number of hydrogen-bond donors (Lipinski definition) is 1. The van der Waals surface area contributed by atoms with Crippen molar-refractivity contribution >= 4 is 11.8 Å². The molecule has 1 aliphatic carbocycles. The quantitative estimate of drug-likeness (QED) is 0.711. The van der Waals surface area contributed by atoms with Gasteiger partial charge in [0.05, 0.1) is 26.0 Å². The Morgan fingerprint density at radius 1 is 1.25 bits per heavy atom. The summed E-state index contributed by atoms with van der Waals surface area (Å²) in [6.45, 7) is 6.41. The van der Waals surface area contributed by atoms with Gasteiger partial charge < -0.3 is 24.4 Å². The number of benzene rings is 1. The molecule has 0 aromatic heterocycles. The van der Waals surface area contributed by atoms with Gasteiger partial charge in [-0.15, -0.1) is 0 Å². The number of amides is 1. The Hall–Kier alpha value is -2.44. The van der Waals surface area contributed by atoms with Crippen LogP contribution in [0.2, 0.25) is 0 Å². The Kier molecular flexibility index (Phi) is 6.01. The SMILES string of the molecule is COc1ccc(C2=NOC3(CCC3)C2)cc1OCCCOC(=O)NC(C)(C)C. The number of nitrogens with one attached hydrogen (secondary N) is 1. The Bertz CT molecular complexity index is 735. The van der Waals surface area contributed by atoms with E-state index in [-0.39, 0.29) is 17.7 Å². The monoisotopic (exact) mass is 390 g/mol.